The third-order valence-corrected chi connectivity index (χ3v) is 13.9. The zero-order valence-corrected chi connectivity index (χ0v) is 37.6. The van der Waals surface area contributed by atoms with Crippen molar-refractivity contribution in [2.75, 3.05) is 6.54 Å². The Morgan fingerprint density at radius 2 is 1.52 bits per heavy atom. The van der Waals surface area contributed by atoms with Crippen molar-refractivity contribution >= 4 is 42.2 Å². The van der Waals surface area contributed by atoms with Crippen molar-refractivity contribution in [2.24, 2.45) is 40.6 Å². The maximum Gasteiger partial charge on any atom is 0.458 e. The van der Waals surface area contributed by atoms with E-state index >= 15 is 0 Å². The fourth-order valence-electron chi connectivity index (χ4n) is 9.83. The molecule has 3 aliphatic carbocycles. The minimum Gasteiger partial charge on any atom is -0.405 e. The number of unbranched alkanes of at least 4 members (excludes halogenated alkanes) is 2. The van der Waals surface area contributed by atoms with Crippen LogP contribution in [-0.2, 0) is 39.7 Å². The van der Waals surface area contributed by atoms with E-state index in [0.717, 1.165) is 43.2 Å². The van der Waals surface area contributed by atoms with Crippen molar-refractivity contribution in [3.8, 4) is 11.1 Å². The molecule has 14 heteroatoms. The number of ketones is 3. The molecule has 2 aromatic carbocycles. The molecular formula is C48H69BN4O9. The Morgan fingerprint density at radius 3 is 2.11 bits per heavy atom. The van der Waals surface area contributed by atoms with Crippen LogP contribution < -0.4 is 22.1 Å². The average molecular weight is 857 g/mol. The molecule has 9 atom stereocenters. The van der Waals surface area contributed by atoms with Crippen molar-refractivity contribution in [2.45, 2.75) is 155 Å². The summed E-state index contributed by atoms with van der Waals surface area (Å²) < 4.78 is 12.7. The Kier molecular flexibility index (Phi) is 16.9. The topological polar surface area (TPSA) is 217 Å². The molecule has 0 radical (unpaired) electrons. The number of aryl methyl sites for hydroxylation is 1. The predicted molar refractivity (Wildman–Crippen MR) is 239 cm³/mol. The molecule has 0 spiro atoms. The molecule has 2 bridgehead atoms. The zero-order chi connectivity index (χ0) is 45.4. The minimum atomic E-state index is -1.37. The van der Waals surface area contributed by atoms with E-state index < -0.39 is 78.5 Å². The first-order valence-corrected chi connectivity index (χ1v) is 22.8. The predicted octanol–water partition coefficient (Wildman–Crippen LogP) is 5.52. The van der Waals surface area contributed by atoms with Gasteiger partial charge in [-0.15, -0.1) is 0 Å². The van der Waals surface area contributed by atoms with Gasteiger partial charge >= 0.3 is 7.12 Å². The maximum atomic E-state index is 13.8. The molecule has 3 amide bonds. The molecule has 4 aliphatic rings. The number of rotatable bonds is 25. The van der Waals surface area contributed by atoms with E-state index in [2.05, 4.69) is 62.6 Å². The lowest BCUT2D eigenvalue weighted by Crippen LogP contribution is -2.65. The van der Waals surface area contributed by atoms with Gasteiger partial charge in [-0.05, 0) is 99.2 Å². The van der Waals surface area contributed by atoms with E-state index in [4.69, 9.17) is 20.8 Å². The summed E-state index contributed by atoms with van der Waals surface area (Å²) >= 11 is 0. The number of hydrogen-bond donors (Lipinski definition) is 5. The molecule has 338 valence electrons. The molecule has 62 heavy (non-hydrogen) atoms. The van der Waals surface area contributed by atoms with Gasteiger partial charge in [-0.2, -0.15) is 0 Å². The third-order valence-electron chi connectivity index (χ3n) is 13.9. The molecule has 4 fully saturated rings. The molecule has 1 heterocycles. The van der Waals surface area contributed by atoms with Crippen LogP contribution in [0, 0.1) is 29.1 Å². The van der Waals surface area contributed by atoms with Gasteiger partial charge in [0, 0.05) is 36.7 Å². The molecule has 7 N–H and O–H groups in total. The van der Waals surface area contributed by atoms with E-state index in [1.807, 2.05) is 12.1 Å². The Labute approximate surface area is 367 Å². The second kappa shape index (κ2) is 21.4. The van der Waals surface area contributed by atoms with Crippen LogP contribution in [0.2, 0.25) is 6.32 Å². The molecule has 1 saturated heterocycles. The lowest BCUT2D eigenvalue weighted by atomic mass is 9.43. The molecule has 3 saturated carbocycles. The SMILES string of the molecule is CCCCc1ccc(-c2ccc(C(=O)C[C@@H](CCCCN)C(=O)N[C@H](C(=O)C[C@@H](C)C(=O)N[C@@H](CC(N)=O)C(=O)CCB3OC4C[C@@H]5C[C@@H](C5(C)C)[C@]4(C)O3)[C@@H](C)O)cc2)cc1. The molecule has 6 rings (SSSR count). The summed E-state index contributed by atoms with van der Waals surface area (Å²) in [6, 6.07) is 13.1. The number of aliphatic hydroxyl groups is 1. The van der Waals surface area contributed by atoms with Crippen molar-refractivity contribution in [1.29, 1.82) is 0 Å². The summed E-state index contributed by atoms with van der Waals surface area (Å²) in [6.45, 7) is 12.0. The number of nitrogens with one attached hydrogen (secondary N) is 2. The van der Waals surface area contributed by atoms with Crippen LogP contribution in [0.1, 0.15) is 128 Å². The van der Waals surface area contributed by atoms with Gasteiger partial charge in [0.2, 0.25) is 17.7 Å². The monoisotopic (exact) mass is 857 g/mol. The number of carbonyl (C=O) groups is 6. The van der Waals surface area contributed by atoms with Gasteiger partial charge in [-0.1, -0.05) is 89.1 Å². The normalized spacial score (nSPS) is 23.5. The van der Waals surface area contributed by atoms with Gasteiger partial charge in [-0.3, -0.25) is 28.8 Å². The fraction of sp³-hybridized carbons (Fsp3) is 0.625. The van der Waals surface area contributed by atoms with Gasteiger partial charge in [0.1, 0.15) is 6.04 Å². The van der Waals surface area contributed by atoms with Crippen molar-refractivity contribution in [3.63, 3.8) is 0 Å². The third kappa shape index (κ3) is 11.9. The molecule has 2 aromatic rings. The zero-order valence-electron chi connectivity index (χ0n) is 37.6. The van der Waals surface area contributed by atoms with Crippen LogP contribution in [0.4, 0.5) is 0 Å². The maximum absolute atomic E-state index is 13.8. The van der Waals surface area contributed by atoms with Gasteiger partial charge in [-0.25, -0.2) is 0 Å². The Balaban J connectivity index is 1.15. The van der Waals surface area contributed by atoms with Gasteiger partial charge in [0.25, 0.3) is 0 Å². The highest BCUT2D eigenvalue weighted by Crippen LogP contribution is 2.65. The summed E-state index contributed by atoms with van der Waals surface area (Å²) in [7, 11) is -0.591. The Bertz CT molecular complexity index is 1900. The number of hydrogen-bond acceptors (Lipinski definition) is 10. The molecule has 0 aromatic heterocycles. The van der Waals surface area contributed by atoms with E-state index in [9.17, 15) is 33.9 Å². The number of primary amides is 1. The summed E-state index contributed by atoms with van der Waals surface area (Å²) in [4.78, 5) is 79.7. The lowest BCUT2D eigenvalue weighted by Gasteiger charge is -2.64. The van der Waals surface area contributed by atoms with Crippen LogP contribution in [0.5, 0.6) is 0 Å². The second-order valence-corrected chi connectivity index (χ2v) is 18.9. The van der Waals surface area contributed by atoms with Crippen LogP contribution in [0.3, 0.4) is 0 Å². The first-order chi connectivity index (χ1) is 29.4. The van der Waals surface area contributed by atoms with Crippen LogP contribution in [-0.4, -0.2) is 83.7 Å². The largest absolute Gasteiger partial charge is 0.458 e. The van der Waals surface area contributed by atoms with Crippen LogP contribution >= 0.6 is 0 Å². The first kappa shape index (κ1) is 48.8. The smallest absolute Gasteiger partial charge is 0.405 e. The molecule has 13 nitrogen and oxygen atoms in total. The fourth-order valence-corrected chi connectivity index (χ4v) is 9.83. The summed E-state index contributed by atoms with van der Waals surface area (Å²) in [6.07, 6.45) is 4.77. The standard InChI is InChI=1S/C48H69BN4O9/c1-7-8-11-31-13-15-32(16-14-31)33-17-19-34(20-18-33)39(56)25-35(12-9-10-23-50)46(60)53-44(30(3)54)40(57)24-29(2)45(59)52-37(28-43(51)58)38(55)21-22-49-61-42-27-36-26-41(47(36,4)5)48(42,6)62-49/h13-20,29-30,35-37,41-42,44,54H,7-12,21-28,50H2,1-6H3,(H2,51,58)(H,52,59)(H,53,60)/t29-,30-,35-,36+,37+,41+,42?,44+,48+/m1/s1. The second-order valence-electron chi connectivity index (χ2n) is 18.9. The molecule has 1 aliphatic heterocycles. The van der Waals surface area contributed by atoms with E-state index in [-0.39, 0.29) is 42.9 Å². The van der Waals surface area contributed by atoms with E-state index in [1.54, 1.807) is 12.1 Å². The van der Waals surface area contributed by atoms with Crippen molar-refractivity contribution < 1.29 is 43.2 Å². The first-order valence-electron chi connectivity index (χ1n) is 22.8. The highest BCUT2D eigenvalue weighted by Gasteiger charge is 2.67. The number of amides is 3. The number of nitrogens with two attached hydrogens (primary N) is 2. The van der Waals surface area contributed by atoms with Gasteiger partial charge in [0.15, 0.2) is 17.3 Å². The molecule has 1 unspecified atom stereocenters. The number of Topliss-reactive ketones (excluding diaryl/α,β-unsaturated/α-hetero) is 3. The van der Waals surface area contributed by atoms with Crippen molar-refractivity contribution in [1.82, 2.24) is 10.6 Å². The number of carbonyl (C=O) groups excluding carboxylic acids is 6. The Hall–Kier alpha value is -4.24. The van der Waals surface area contributed by atoms with Gasteiger partial charge < -0.3 is 36.5 Å². The highest BCUT2D eigenvalue weighted by molar-refractivity contribution is 6.45. The quantitative estimate of drug-likeness (QED) is 0.0479. The summed E-state index contributed by atoms with van der Waals surface area (Å²) in [5, 5.41) is 15.9. The van der Waals surface area contributed by atoms with Gasteiger partial charge in [0.05, 0.1) is 30.3 Å². The van der Waals surface area contributed by atoms with E-state index in [1.165, 1.54) is 19.4 Å². The molecular weight excluding hydrogens is 787 g/mol. The number of aliphatic hydroxyl groups excluding tert-OH is 1. The average Bonchev–Trinajstić information content (AvgIpc) is 3.59. The Morgan fingerprint density at radius 1 is 0.855 bits per heavy atom. The number of benzene rings is 2. The summed E-state index contributed by atoms with van der Waals surface area (Å²) in [5.41, 5.74) is 14.7. The van der Waals surface area contributed by atoms with E-state index in [0.29, 0.717) is 43.2 Å². The van der Waals surface area contributed by atoms with Crippen LogP contribution in [0.25, 0.3) is 11.1 Å². The van der Waals surface area contributed by atoms with Crippen molar-refractivity contribution in [3.05, 3.63) is 59.7 Å². The lowest BCUT2D eigenvalue weighted by molar-refractivity contribution is -0.199. The summed E-state index contributed by atoms with van der Waals surface area (Å²) in [5.74, 6) is -4.14. The highest BCUT2D eigenvalue weighted by atomic mass is 16.7. The minimum absolute atomic E-state index is 0.0273. The van der Waals surface area contributed by atoms with Crippen LogP contribution in [0.15, 0.2) is 48.5 Å².